The third-order valence-corrected chi connectivity index (χ3v) is 4.73. The highest BCUT2D eigenvalue weighted by atomic mass is 79.9. The summed E-state index contributed by atoms with van der Waals surface area (Å²) in [5.74, 6) is 1.44. The van der Waals surface area contributed by atoms with Crippen molar-refractivity contribution in [3.63, 3.8) is 0 Å². The van der Waals surface area contributed by atoms with Gasteiger partial charge in [0.1, 0.15) is 16.1 Å². The van der Waals surface area contributed by atoms with Crippen LogP contribution in [0.15, 0.2) is 16.9 Å². The normalized spacial score (nSPS) is 11.0. The summed E-state index contributed by atoms with van der Waals surface area (Å²) in [6.07, 6.45) is 1.68. The SMILES string of the molecule is COc1cc(Cn2ncc3c(Br)nc(N)nc32)c(Cl)c(OC)c1C. The predicted octanol–water partition coefficient (Wildman–Crippen LogP) is 3.20. The molecule has 0 bridgehead atoms. The molecule has 0 aliphatic carbocycles. The fourth-order valence-electron chi connectivity index (χ4n) is 2.54. The first kappa shape index (κ1) is 16.8. The molecule has 0 aliphatic heterocycles. The average molecular weight is 413 g/mol. The minimum absolute atomic E-state index is 0.168. The molecule has 0 aliphatic rings. The number of nitrogens with zero attached hydrogens (tertiary/aromatic N) is 4. The van der Waals surface area contributed by atoms with Crippen LogP contribution < -0.4 is 15.2 Å². The zero-order valence-electron chi connectivity index (χ0n) is 13.3. The third-order valence-electron chi connectivity index (χ3n) is 3.71. The lowest BCUT2D eigenvalue weighted by Gasteiger charge is -2.15. The monoisotopic (exact) mass is 411 g/mol. The second-order valence-electron chi connectivity index (χ2n) is 5.12. The van der Waals surface area contributed by atoms with Gasteiger partial charge in [-0.15, -0.1) is 0 Å². The van der Waals surface area contributed by atoms with Gasteiger partial charge < -0.3 is 15.2 Å². The van der Waals surface area contributed by atoms with E-state index in [-0.39, 0.29) is 5.95 Å². The summed E-state index contributed by atoms with van der Waals surface area (Å²) in [5, 5.41) is 5.64. The van der Waals surface area contributed by atoms with E-state index in [1.807, 2.05) is 13.0 Å². The second kappa shape index (κ2) is 6.45. The Bertz CT molecular complexity index is 928. The van der Waals surface area contributed by atoms with E-state index >= 15 is 0 Å². The van der Waals surface area contributed by atoms with Gasteiger partial charge in [0.2, 0.25) is 5.95 Å². The molecule has 3 aromatic rings. The van der Waals surface area contributed by atoms with Crippen molar-refractivity contribution in [3.8, 4) is 11.5 Å². The maximum Gasteiger partial charge on any atom is 0.223 e. The molecule has 9 heteroatoms. The lowest BCUT2D eigenvalue weighted by molar-refractivity contribution is 0.387. The Balaban J connectivity index is 2.12. The van der Waals surface area contributed by atoms with Crippen molar-refractivity contribution >= 4 is 44.5 Å². The number of benzene rings is 1. The molecule has 0 atom stereocenters. The number of hydrogen-bond acceptors (Lipinski definition) is 6. The van der Waals surface area contributed by atoms with Crippen LogP contribution in [0.3, 0.4) is 0 Å². The van der Waals surface area contributed by atoms with Crippen molar-refractivity contribution in [2.75, 3.05) is 20.0 Å². The van der Waals surface area contributed by atoms with Crippen molar-refractivity contribution < 1.29 is 9.47 Å². The van der Waals surface area contributed by atoms with E-state index in [2.05, 4.69) is 31.0 Å². The number of hydrogen-bond donors (Lipinski definition) is 1. The van der Waals surface area contributed by atoms with Crippen molar-refractivity contribution in [2.45, 2.75) is 13.5 Å². The molecule has 0 unspecified atom stereocenters. The van der Waals surface area contributed by atoms with Gasteiger partial charge in [0.05, 0.1) is 37.4 Å². The second-order valence-corrected chi connectivity index (χ2v) is 6.25. The first-order valence-electron chi connectivity index (χ1n) is 7.00. The first-order valence-corrected chi connectivity index (χ1v) is 8.17. The van der Waals surface area contributed by atoms with Crippen LogP contribution in [-0.2, 0) is 6.54 Å². The first-order chi connectivity index (χ1) is 11.5. The number of rotatable bonds is 4. The van der Waals surface area contributed by atoms with E-state index in [4.69, 9.17) is 26.8 Å². The molecule has 7 nitrogen and oxygen atoms in total. The molecule has 24 heavy (non-hydrogen) atoms. The van der Waals surface area contributed by atoms with Crippen LogP contribution in [0.1, 0.15) is 11.1 Å². The van der Waals surface area contributed by atoms with Crippen molar-refractivity contribution in [2.24, 2.45) is 0 Å². The van der Waals surface area contributed by atoms with Gasteiger partial charge in [-0.05, 0) is 34.5 Å². The minimum Gasteiger partial charge on any atom is -0.496 e. The molecule has 2 heterocycles. The summed E-state index contributed by atoms with van der Waals surface area (Å²) in [5.41, 5.74) is 7.98. The van der Waals surface area contributed by atoms with Gasteiger partial charge in [0.15, 0.2) is 5.65 Å². The highest BCUT2D eigenvalue weighted by Crippen LogP contribution is 2.38. The van der Waals surface area contributed by atoms with Crippen LogP contribution in [0.4, 0.5) is 5.95 Å². The number of fused-ring (bicyclic) bond motifs is 1. The molecule has 0 saturated carbocycles. The summed E-state index contributed by atoms with van der Waals surface area (Å²) in [6.45, 7) is 2.28. The molecule has 0 radical (unpaired) electrons. The molecule has 3 rings (SSSR count). The van der Waals surface area contributed by atoms with Crippen molar-refractivity contribution in [1.82, 2.24) is 19.7 Å². The van der Waals surface area contributed by atoms with Gasteiger partial charge >= 0.3 is 0 Å². The topological polar surface area (TPSA) is 88.1 Å². The van der Waals surface area contributed by atoms with Crippen LogP contribution in [0.5, 0.6) is 11.5 Å². The van der Waals surface area contributed by atoms with Gasteiger partial charge in [0, 0.05) is 5.56 Å². The Morgan fingerprint density at radius 2 is 2.04 bits per heavy atom. The molecule has 0 saturated heterocycles. The lowest BCUT2D eigenvalue weighted by atomic mass is 10.1. The molecule has 0 amide bonds. The largest absolute Gasteiger partial charge is 0.496 e. The summed E-state index contributed by atoms with van der Waals surface area (Å²) in [4.78, 5) is 8.33. The third kappa shape index (κ3) is 2.76. The molecular formula is C15H15BrClN5O2. The smallest absolute Gasteiger partial charge is 0.223 e. The van der Waals surface area contributed by atoms with E-state index in [0.29, 0.717) is 33.3 Å². The molecule has 126 valence electrons. The molecule has 2 N–H and O–H groups in total. The zero-order valence-corrected chi connectivity index (χ0v) is 15.6. The summed E-state index contributed by atoms with van der Waals surface area (Å²) in [6, 6.07) is 1.87. The molecule has 2 aromatic heterocycles. The predicted molar refractivity (Wildman–Crippen MR) is 95.8 cm³/mol. The van der Waals surface area contributed by atoms with Gasteiger partial charge in [-0.2, -0.15) is 10.1 Å². The highest BCUT2D eigenvalue weighted by molar-refractivity contribution is 9.10. The van der Waals surface area contributed by atoms with Gasteiger partial charge in [-0.25, -0.2) is 9.67 Å². The van der Waals surface area contributed by atoms with E-state index in [9.17, 15) is 0 Å². The maximum absolute atomic E-state index is 6.49. The van der Waals surface area contributed by atoms with E-state index in [1.54, 1.807) is 25.1 Å². The van der Waals surface area contributed by atoms with Crippen molar-refractivity contribution in [1.29, 1.82) is 0 Å². The Morgan fingerprint density at radius 3 is 2.71 bits per heavy atom. The minimum atomic E-state index is 0.168. The number of ether oxygens (including phenoxy) is 2. The Kier molecular flexibility index (Phi) is 4.51. The highest BCUT2D eigenvalue weighted by Gasteiger charge is 2.18. The van der Waals surface area contributed by atoms with Crippen LogP contribution in [0, 0.1) is 6.92 Å². The van der Waals surface area contributed by atoms with E-state index in [0.717, 1.165) is 16.5 Å². The van der Waals surface area contributed by atoms with Gasteiger partial charge in [-0.1, -0.05) is 11.6 Å². The molecule has 0 spiro atoms. The van der Waals surface area contributed by atoms with E-state index < -0.39 is 0 Å². The molecular weight excluding hydrogens is 398 g/mol. The Labute approximate surface area is 151 Å². The summed E-state index contributed by atoms with van der Waals surface area (Å²) < 4.78 is 13.1. The standard InChI is InChI=1S/C15H15BrClN5O2/c1-7-10(23-2)4-8(11(17)12(7)24-3)6-22-14-9(5-19-22)13(16)20-15(18)21-14/h4-5H,6H2,1-3H3,(H2,18,20,21). The fourth-order valence-corrected chi connectivity index (χ4v) is 3.33. The van der Waals surface area contributed by atoms with Crippen LogP contribution in [-0.4, -0.2) is 34.0 Å². The Morgan fingerprint density at radius 1 is 1.29 bits per heavy atom. The molecule has 1 aromatic carbocycles. The number of nitrogens with two attached hydrogens (primary N) is 1. The number of halogens is 2. The number of methoxy groups -OCH3 is 2. The van der Waals surface area contributed by atoms with E-state index in [1.165, 1.54) is 0 Å². The maximum atomic E-state index is 6.49. The lowest BCUT2D eigenvalue weighted by Crippen LogP contribution is -2.06. The van der Waals surface area contributed by atoms with Crippen LogP contribution in [0.25, 0.3) is 11.0 Å². The number of aromatic nitrogens is 4. The number of anilines is 1. The summed E-state index contributed by atoms with van der Waals surface area (Å²) in [7, 11) is 3.18. The fraction of sp³-hybridized carbons (Fsp3) is 0.267. The quantitative estimate of drug-likeness (QED) is 0.662. The number of nitrogen functional groups attached to an aromatic ring is 1. The van der Waals surface area contributed by atoms with Gasteiger partial charge in [-0.3, -0.25) is 0 Å². The summed E-state index contributed by atoms with van der Waals surface area (Å²) >= 11 is 9.85. The van der Waals surface area contributed by atoms with Crippen molar-refractivity contribution in [3.05, 3.63) is 33.0 Å². The van der Waals surface area contributed by atoms with Crippen LogP contribution in [0.2, 0.25) is 5.02 Å². The Hall–Kier alpha value is -2.06. The van der Waals surface area contributed by atoms with Gasteiger partial charge in [0.25, 0.3) is 0 Å². The zero-order chi connectivity index (χ0) is 17.4. The van der Waals surface area contributed by atoms with Crippen LogP contribution >= 0.6 is 27.5 Å². The average Bonchev–Trinajstić information content (AvgIpc) is 2.93. The molecule has 0 fully saturated rings.